The molecule has 0 radical (unpaired) electrons. The van der Waals surface area contributed by atoms with Crippen LogP contribution in [0.5, 0.6) is 0 Å². The van der Waals surface area contributed by atoms with Crippen molar-refractivity contribution in [3.05, 3.63) is 215 Å². The van der Waals surface area contributed by atoms with Crippen LogP contribution >= 0.6 is 0 Å². The molecule has 13 rings (SSSR count). The van der Waals surface area contributed by atoms with Crippen LogP contribution in [0.15, 0.2) is 188 Å². The summed E-state index contributed by atoms with van der Waals surface area (Å²) in [6.45, 7) is 13.6. The van der Waals surface area contributed by atoms with Crippen molar-refractivity contribution in [1.29, 1.82) is 0 Å². The first kappa shape index (κ1) is 41.1. The Hall–Kier alpha value is -8.14. The Kier molecular flexibility index (Phi) is 8.74. The summed E-state index contributed by atoms with van der Waals surface area (Å²) in [4.78, 5) is 30.7. The van der Waals surface area contributed by atoms with Crippen LogP contribution in [0, 0.1) is 0 Å². The van der Waals surface area contributed by atoms with Crippen molar-refractivity contribution >= 4 is 110 Å². The molecule has 0 atom stereocenters. The van der Waals surface area contributed by atoms with Crippen molar-refractivity contribution in [1.82, 2.24) is 0 Å². The molecule has 0 saturated heterocycles. The second-order valence-electron chi connectivity index (χ2n) is 21.1. The summed E-state index contributed by atoms with van der Waals surface area (Å²) in [6, 6.07) is 65.4. The van der Waals surface area contributed by atoms with Crippen LogP contribution in [0.4, 0.5) is 17.1 Å². The molecule has 0 saturated carbocycles. The summed E-state index contributed by atoms with van der Waals surface area (Å²) in [7, 11) is 0. The fraction of sp³-hybridized carbons (Fsp3) is 0.121. The van der Waals surface area contributed by atoms with Gasteiger partial charge in [0.25, 0.3) is 0 Å². The smallest absolute Gasteiger partial charge is 0.197 e. The van der Waals surface area contributed by atoms with E-state index in [9.17, 15) is 9.59 Å². The van der Waals surface area contributed by atoms with Gasteiger partial charge in [0.2, 0.25) is 0 Å². The van der Waals surface area contributed by atoms with Gasteiger partial charge in [0.15, 0.2) is 11.6 Å². The minimum atomic E-state index is -0.220. The van der Waals surface area contributed by atoms with Gasteiger partial charge in [0, 0.05) is 28.2 Å². The van der Waals surface area contributed by atoms with Crippen LogP contribution in [0.1, 0.15) is 78.9 Å². The van der Waals surface area contributed by atoms with Crippen LogP contribution in [0.3, 0.4) is 0 Å². The number of nitrogens with zero attached hydrogens (tertiary/aromatic N) is 1. The van der Waals surface area contributed by atoms with Crippen molar-refractivity contribution in [3.63, 3.8) is 0 Å². The predicted molar refractivity (Wildman–Crippen MR) is 292 cm³/mol. The zero-order valence-electron chi connectivity index (χ0n) is 39.7. The predicted octanol–water partition coefficient (Wildman–Crippen LogP) is 17.8. The average molecular weight is 888 g/mol. The maximum Gasteiger partial charge on any atom is 0.197 e. The van der Waals surface area contributed by atoms with E-state index < -0.39 is 0 Å². The number of carbonyl (C=O) groups excluding carboxylic acids is 2. The van der Waals surface area contributed by atoms with E-state index in [1.165, 1.54) is 59.8 Å². The maximum atomic E-state index is 14.1. The van der Waals surface area contributed by atoms with E-state index in [1.54, 1.807) is 0 Å². The van der Waals surface area contributed by atoms with Gasteiger partial charge in [-0.2, -0.15) is 0 Å². The molecule has 12 aromatic rings. The van der Waals surface area contributed by atoms with Crippen LogP contribution in [-0.4, -0.2) is 11.6 Å². The normalized spacial score (nSPS) is 13.4. The van der Waals surface area contributed by atoms with Gasteiger partial charge in [0.1, 0.15) is 0 Å². The zero-order chi connectivity index (χ0) is 47.1. The molecule has 0 fully saturated rings. The first-order valence-corrected chi connectivity index (χ1v) is 24.1. The number of anilines is 3. The molecule has 0 aromatic heterocycles. The Labute approximate surface area is 401 Å². The van der Waals surface area contributed by atoms with Crippen LogP contribution < -0.4 is 4.90 Å². The third-order valence-electron chi connectivity index (χ3n) is 15.0. The van der Waals surface area contributed by atoms with E-state index in [4.69, 9.17) is 0 Å². The highest BCUT2D eigenvalue weighted by Crippen LogP contribution is 2.55. The highest BCUT2D eigenvalue weighted by atomic mass is 16.2. The first-order valence-electron chi connectivity index (χ1n) is 24.1. The van der Waals surface area contributed by atoms with Crippen molar-refractivity contribution < 1.29 is 9.59 Å². The number of carbonyl (C=O) groups is 2. The first-order chi connectivity index (χ1) is 33.3. The monoisotopic (exact) mass is 887 g/mol. The Morgan fingerprint density at radius 2 is 0.884 bits per heavy atom. The Balaban J connectivity index is 1.11. The molecule has 0 unspecified atom stereocenters. The highest BCUT2D eigenvalue weighted by Gasteiger charge is 2.34. The molecule has 330 valence electrons. The van der Waals surface area contributed by atoms with E-state index in [0.29, 0.717) is 11.1 Å². The largest absolute Gasteiger partial charge is 0.310 e. The molecule has 3 nitrogen and oxygen atoms in total. The molecule has 1 aliphatic rings. The van der Waals surface area contributed by atoms with E-state index in [0.717, 1.165) is 60.5 Å². The fourth-order valence-corrected chi connectivity index (χ4v) is 11.5. The zero-order valence-corrected chi connectivity index (χ0v) is 39.7. The average Bonchev–Trinajstić information content (AvgIpc) is 3.94. The van der Waals surface area contributed by atoms with Gasteiger partial charge >= 0.3 is 0 Å². The fourth-order valence-electron chi connectivity index (χ4n) is 11.5. The third kappa shape index (κ3) is 6.13. The molecular formula is C66H49NO2. The standard InChI is InChI=1S/C66H49NO2/c1-65(2,3)42-24-28-44(29-25-42)67(45-30-26-43(27-31-45)66(4,5)6)46-36-52-48-19-12-13-20-49(48)60-59(52)55(37-46)57(38-15-8-7-9-16-38)61-50-22-14-21-47-41(23-32-51(58(47)50)62(60)61)35-56-63(68)53-33-39-17-10-11-18-40(39)34-54(53)64(56)69/h7-37H,1-6H3. The number of hydrogen-bond acceptors (Lipinski definition) is 3. The van der Waals surface area contributed by atoms with E-state index in [1.807, 2.05) is 42.5 Å². The van der Waals surface area contributed by atoms with Crippen LogP contribution in [0.25, 0.3) is 92.6 Å². The third-order valence-corrected chi connectivity index (χ3v) is 15.0. The second kappa shape index (κ2) is 14.7. The molecule has 1 aliphatic carbocycles. The minimum absolute atomic E-state index is 0.0164. The Morgan fingerprint density at radius 3 is 1.49 bits per heavy atom. The van der Waals surface area contributed by atoms with E-state index >= 15 is 0 Å². The summed E-state index contributed by atoms with van der Waals surface area (Å²) in [5.41, 5.74) is 10.3. The SMILES string of the molecule is CC(C)(C)c1ccc(N(c2ccc(C(C)(C)C)cc2)c2cc3c(-c4ccccc4)c4c5cccc6c(C=C7C(=O)c8cc9ccccc9cc8C7=O)ccc(c65)c4c4c5ccccc5c(c2)c34)cc1. The molecule has 69 heavy (non-hydrogen) atoms. The number of rotatable bonds is 5. The molecule has 0 heterocycles. The lowest BCUT2D eigenvalue weighted by molar-refractivity contribution is 0.0990. The Morgan fingerprint density at radius 1 is 0.377 bits per heavy atom. The van der Waals surface area contributed by atoms with Gasteiger partial charge < -0.3 is 4.90 Å². The quantitative estimate of drug-likeness (QED) is 0.128. The number of ketones is 2. The van der Waals surface area contributed by atoms with Crippen molar-refractivity contribution in [3.8, 4) is 11.1 Å². The molecule has 0 aliphatic heterocycles. The Bertz CT molecular complexity index is 4030. The molecular weight excluding hydrogens is 839 g/mol. The minimum Gasteiger partial charge on any atom is -0.310 e. The van der Waals surface area contributed by atoms with E-state index in [2.05, 4.69) is 192 Å². The lowest BCUT2D eigenvalue weighted by Gasteiger charge is -2.28. The van der Waals surface area contributed by atoms with Gasteiger partial charge in [-0.15, -0.1) is 0 Å². The van der Waals surface area contributed by atoms with Gasteiger partial charge in [-0.25, -0.2) is 0 Å². The lowest BCUT2D eigenvalue weighted by Crippen LogP contribution is -2.14. The summed E-state index contributed by atoms with van der Waals surface area (Å²) >= 11 is 0. The molecule has 0 spiro atoms. The lowest BCUT2D eigenvalue weighted by atomic mass is 9.86. The van der Waals surface area contributed by atoms with Gasteiger partial charge in [0.05, 0.1) is 5.57 Å². The van der Waals surface area contributed by atoms with Crippen molar-refractivity contribution in [2.45, 2.75) is 52.4 Å². The summed E-state index contributed by atoms with van der Waals surface area (Å²) in [5, 5.41) is 16.2. The molecule has 12 aromatic carbocycles. The number of Topliss-reactive ketones (excluding diaryl/α,β-unsaturated/α-hetero) is 2. The van der Waals surface area contributed by atoms with Gasteiger partial charge in [-0.1, -0.05) is 175 Å². The molecule has 0 N–H and O–H groups in total. The topological polar surface area (TPSA) is 37.4 Å². The summed E-state index contributed by atoms with van der Waals surface area (Å²) in [6.07, 6.45) is 1.84. The molecule has 0 bridgehead atoms. The van der Waals surface area contributed by atoms with Crippen molar-refractivity contribution in [2.24, 2.45) is 0 Å². The number of fused-ring (bicyclic) bond motifs is 9. The molecule has 3 heteroatoms. The second-order valence-corrected chi connectivity index (χ2v) is 21.1. The summed E-state index contributed by atoms with van der Waals surface area (Å²) in [5.74, 6) is -0.440. The molecule has 0 amide bonds. The van der Waals surface area contributed by atoms with Gasteiger partial charge in [-0.3, -0.25) is 9.59 Å². The summed E-state index contributed by atoms with van der Waals surface area (Å²) < 4.78 is 0. The van der Waals surface area contributed by atoms with Gasteiger partial charge in [-0.05, 0) is 169 Å². The number of hydrogen-bond donors (Lipinski definition) is 0. The maximum absolute atomic E-state index is 14.1. The van der Waals surface area contributed by atoms with Crippen LogP contribution in [0.2, 0.25) is 0 Å². The number of allylic oxidation sites excluding steroid dienone is 1. The van der Waals surface area contributed by atoms with E-state index in [-0.39, 0.29) is 28.0 Å². The highest BCUT2D eigenvalue weighted by molar-refractivity contribution is 6.49. The van der Waals surface area contributed by atoms with Crippen molar-refractivity contribution in [2.75, 3.05) is 4.90 Å². The number of benzene rings is 10. The van der Waals surface area contributed by atoms with Crippen LogP contribution in [-0.2, 0) is 10.8 Å².